The number of benzene rings is 1. The van der Waals surface area contributed by atoms with Gasteiger partial charge in [-0.15, -0.1) is 11.3 Å². The van der Waals surface area contributed by atoms with Crippen LogP contribution in [0.2, 0.25) is 0 Å². The van der Waals surface area contributed by atoms with E-state index in [4.69, 9.17) is 0 Å². The second-order valence-corrected chi connectivity index (χ2v) is 5.07. The van der Waals surface area contributed by atoms with Crippen LogP contribution in [-0.2, 0) is 11.2 Å². The average Bonchev–Trinajstić information content (AvgIpc) is 2.59. The van der Waals surface area contributed by atoms with E-state index < -0.39 is 0 Å². The van der Waals surface area contributed by atoms with Crippen molar-refractivity contribution in [2.45, 2.75) is 20.3 Å². The monoisotopic (exact) mass is 246 g/mol. The van der Waals surface area contributed by atoms with Crippen LogP contribution < -0.4 is 5.32 Å². The van der Waals surface area contributed by atoms with Crippen molar-refractivity contribution in [1.82, 2.24) is 4.98 Å². The van der Waals surface area contributed by atoms with Gasteiger partial charge in [-0.3, -0.25) is 4.79 Å². The van der Waals surface area contributed by atoms with Gasteiger partial charge in [-0.1, -0.05) is 30.3 Å². The van der Waals surface area contributed by atoms with Crippen LogP contribution in [0.5, 0.6) is 0 Å². The standard InChI is InChI=1S/C13H14N2OS/c1-9-10(2)17-13(14-9)15-12(16)8-11-6-4-3-5-7-11/h3-7H,8H2,1-2H3,(H,14,15,16). The topological polar surface area (TPSA) is 42.0 Å². The molecular weight excluding hydrogens is 232 g/mol. The maximum absolute atomic E-state index is 11.8. The molecule has 4 heteroatoms. The molecule has 0 atom stereocenters. The minimum absolute atomic E-state index is 0.0232. The van der Waals surface area contributed by atoms with Gasteiger partial charge < -0.3 is 5.32 Å². The first-order valence-electron chi connectivity index (χ1n) is 5.43. The van der Waals surface area contributed by atoms with Crippen LogP contribution in [0.4, 0.5) is 5.13 Å². The summed E-state index contributed by atoms with van der Waals surface area (Å²) in [5, 5.41) is 3.50. The Bertz CT molecular complexity index is 500. The zero-order valence-electron chi connectivity index (χ0n) is 9.86. The number of nitrogens with one attached hydrogen (secondary N) is 1. The van der Waals surface area contributed by atoms with E-state index >= 15 is 0 Å². The number of hydrogen-bond acceptors (Lipinski definition) is 3. The van der Waals surface area contributed by atoms with Crippen LogP contribution in [0.1, 0.15) is 16.1 Å². The summed E-state index contributed by atoms with van der Waals surface area (Å²) in [5.74, 6) is -0.0232. The quantitative estimate of drug-likeness (QED) is 0.904. The summed E-state index contributed by atoms with van der Waals surface area (Å²) in [7, 11) is 0. The predicted octanol–water partition coefficient (Wildman–Crippen LogP) is 2.94. The molecule has 3 nitrogen and oxygen atoms in total. The van der Waals surface area contributed by atoms with E-state index in [-0.39, 0.29) is 5.91 Å². The summed E-state index contributed by atoms with van der Waals surface area (Å²) in [5.41, 5.74) is 1.99. The summed E-state index contributed by atoms with van der Waals surface area (Å²) in [6.45, 7) is 3.94. The van der Waals surface area contributed by atoms with Crippen molar-refractivity contribution in [2.75, 3.05) is 5.32 Å². The van der Waals surface area contributed by atoms with Crippen molar-refractivity contribution < 1.29 is 4.79 Å². The Kier molecular flexibility index (Phi) is 3.54. The number of carbonyl (C=O) groups excluding carboxylic acids is 1. The largest absolute Gasteiger partial charge is 0.302 e. The summed E-state index contributed by atoms with van der Waals surface area (Å²) in [6.07, 6.45) is 0.387. The van der Waals surface area contributed by atoms with E-state index in [1.807, 2.05) is 44.2 Å². The number of aryl methyl sites for hydroxylation is 2. The van der Waals surface area contributed by atoms with Gasteiger partial charge in [0.2, 0.25) is 5.91 Å². The Morgan fingerprint density at radius 2 is 2.00 bits per heavy atom. The number of aromatic nitrogens is 1. The molecule has 0 saturated carbocycles. The number of nitrogens with zero attached hydrogens (tertiary/aromatic N) is 1. The molecule has 0 unspecified atom stereocenters. The van der Waals surface area contributed by atoms with Crippen molar-refractivity contribution in [1.29, 1.82) is 0 Å². The molecule has 0 aliphatic carbocycles. The zero-order chi connectivity index (χ0) is 12.3. The normalized spacial score (nSPS) is 10.2. The third-order valence-electron chi connectivity index (χ3n) is 2.48. The highest BCUT2D eigenvalue weighted by atomic mass is 32.1. The van der Waals surface area contributed by atoms with Gasteiger partial charge >= 0.3 is 0 Å². The average molecular weight is 246 g/mol. The molecule has 0 fully saturated rings. The van der Waals surface area contributed by atoms with Crippen molar-refractivity contribution in [3.05, 3.63) is 46.5 Å². The number of hydrogen-bond donors (Lipinski definition) is 1. The van der Waals surface area contributed by atoms with Crippen LogP contribution in [-0.4, -0.2) is 10.9 Å². The molecule has 2 rings (SSSR count). The highest BCUT2D eigenvalue weighted by Gasteiger charge is 2.08. The molecule has 0 aliphatic heterocycles. The van der Waals surface area contributed by atoms with Crippen LogP contribution in [0.25, 0.3) is 0 Å². The first kappa shape index (κ1) is 11.8. The van der Waals surface area contributed by atoms with Gasteiger partial charge in [0.15, 0.2) is 5.13 Å². The van der Waals surface area contributed by atoms with Gasteiger partial charge in [0.1, 0.15) is 0 Å². The number of carbonyl (C=O) groups is 1. The second-order valence-electron chi connectivity index (χ2n) is 3.87. The van der Waals surface area contributed by atoms with Crippen LogP contribution in [0, 0.1) is 13.8 Å². The SMILES string of the molecule is Cc1nc(NC(=O)Cc2ccccc2)sc1C. The minimum Gasteiger partial charge on any atom is -0.302 e. The fourth-order valence-corrected chi connectivity index (χ4v) is 2.30. The number of rotatable bonds is 3. The third kappa shape index (κ3) is 3.14. The summed E-state index contributed by atoms with van der Waals surface area (Å²) >= 11 is 1.51. The number of thiazole rings is 1. The van der Waals surface area contributed by atoms with Gasteiger partial charge in [0, 0.05) is 4.88 Å². The summed E-state index contributed by atoms with van der Waals surface area (Å²) in [6, 6.07) is 9.69. The molecule has 1 amide bonds. The fourth-order valence-electron chi connectivity index (χ4n) is 1.47. The lowest BCUT2D eigenvalue weighted by Gasteiger charge is -2.01. The lowest BCUT2D eigenvalue weighted by atomic mass is 10.1. The van der Waals surface area contributed by atoms with E-state index in [0.29, 0.717) is 11.6 Å². The van der Waals surface area contributed by atoms with Crippen molar-refractivity contribution >= 4 is 22.4 Å². The molecule has 17 heavy (non-hydrogen) atoms. The van der Waals surface area contributed by atoms with Crippen LogP contribution >= 0.6 is 11.3 Å². The van der Waals surface area contributed by atoms with E-state index in [1.54, 1.807) is 0 Å². The Morgan fingerprint density at radius 1 is 1.29 bits per heavy atom. The fraction of sp³-hybridized carbons (Fsp3) is 0.231. The number of amides is 1. The molecule has 0 radical (unpaired) electrons. The second kappa shape index (κ2) is 5.10. The first-order chi connectivity index (χ1) is 8.15. The number of anilines is 1. The smallest absolute Gasteiger partial charge is 0.230 e. The Labute approximate surface area is 105 Å². The maximum Gasteiger partial charge on any atom is 0.230 e. The van der Waals surface area contributed by atoms with Gasteiger partial charge in [0.25, 0.3) is 0 Å². The van der Waals surface area contributed by atoms with Gasteiger partial charge in [-0.05, 0) is 19.4 Å². The van der Waals surface area contributed by atoms with Crippen LogP contribution in [0.3, 0.4) is 0 Å². The molecule has 1 aromatic heterocycles. The van der Waals surface area contributed by atoms with E-state index in [9.17, 15) is 4.79 Å². The maximum atomic E-state index is 11.8. The molecule has 0 aliphatic rings. The Balaban J connectivity index is 1.98. The lowest BCUT2D eigenvalue weighted by Crippen LogP contribution is -2.14. The Hall–Kier alpha value is -1.68. The molecular formula is C13H14N2OS. The van der Waals surface area contributed by atoms with Gasteiger partial charge in [0.05, 0.1) is 12.1 Å². The van der Waals surface area contributed by atoms with Gasteiger partial charge in [-0.25, -0.2) is 4.98 Å². The molecule has 1 N–H and O–H groups in total. The Morgan fingerprint density at radius 3 is 2.59 bits per heavy atom. The molecule has 88 valence electrons. The van der Waals surface area contributed by atoms with Crippen molar-refractivity contribution in [2.24, 2.45) is 0 Å². The van der Waals surface area contributed by atoms with Crippen molar-refractivity contribution in [3.8, 4) is 0 Å². The zero-order valence-corrected chi connectivity index (χ0v) is 10.7. The first-order valence-corrected chi connectivity index (χ1v) is 6.24. The van der Waals surface area contributed by atoms with E-state index in [2.05, 4.69) is 10.3 Å². The summed E-state index contributed by atoms with van der Waals surface area (Å²) < 4.78 is 0. The molecule has 1 heterocycles. The molecule has 0 saturated heterocycles. The molecule has 0 spiro atoms. The minimum atomic E-state index is -0.0232. The summed E-state index contributed by atoms with van der Waals surface area (Å²) in [4.78, 5) is 17.2. The third-order valence-corrected chi connectivity index (χ3v) is 3.47. The van der Waals surface area contributed by atoms with Crippen molar-refractivity contribution in [3.63, 3.8) is 0 Å². The van der Waals surface area contributed by atoms with E-state index in [1.165, 1.54) is 11.3 Å². The lowest BCUT2D eigenvalue weighted by molar-refractivity contribution is -0.115. The molecule has 0 bridgehead atoms. The predicted molar refractivity (Wildman–Crippen MR) is 70.4 cm³/mol. The van der Waals surface area contributed by atoms with Crippen LogP contribution in [0.15, 0.2) is 30.3 Å². The van der Waals surface area contributed by atoms with Gasteiger partial charge in [-0.2, -0.15) is 0 Å². The molecule has 1 aromatic carbocycles. The van der Waals surface area contributed by atoms with E-state index in [0.717, 1.165) is 16.1 Å². The highest BCUT2D eigenvalue weighted by Crippen LogP contribution is 2.21. The molecule has 2 aromatic rings. The highest BCUT2D eigenvalue weighted by molar-refractivity contribution is 7.15.